The van der Waals surface area contributed by atoms with E-state index in [1.165, 1.54) is 0 Å². The van der Waals surface area contributed by atoms with E-state index < -0.39 is 79.8 Å². The maximum atomic E-state index is 11.3. The van der Waals surface area contributed by atoms with E-state index in [1.54, 1.807) is 0 Å². The first-order valence-corrected chi connectivity index (χ1v) is 8.05. The third kappa shape index (κ3) is 4.71. The van der Waals surface area contributed by atoms with E-state index in [9.17, 15) is 40.2 Å². The molecule has 1 amide bonds. The molecular weight excluding hydrogens is 374 g/mol. The van der Waals surface area contributed by atoms with E-state index in [0.29, 0.717) is 0 Å². The summed E-state index contributed by atoms with van der Waals surface area (Å²) in [6.07, 6.45) is -15.3. The largest absolute Gasteiger partial charge is 0.479 e. The number of aliphatic hydroxyl groups excluding tert-OH is 6. The van der Waals surface area contributed by atoms with Gasteiger partial charge in [0.2, 0.25) is 5.91 Å². The average Bonchev–Trinajstić information content (AvgIpc) is 2.59. The minimum atomic E-state index is -1.86. The second-order valence-corrected chi connectivity index (χ2v) is 6.34. The predicted octanol–water partition coefficient (Wildman–Crippen LogP) is -5.16. The Morgan fingerprint density at radius 1 is 0.926 bits per heavy atom. The molecule has 0 aromatic rings. The highest BCUT2D eigenvalue weighted by atomic mass is 16.7. The van der Waals surface area contributed by atoms with E-state index in [4.69, 9.17) is 19.3 Å². The Kier molecular flexibility index (Phi) is 7.07. The van der Waals surface area contributed by atoms with Gasteiger partial charge in [0.25, 0.3) is 0 Å². The van der Waals surface area contributed by atoms with Gasteiger partial charge in [0.1, 0.15) is 42.7 Å². The number of carboxylic acid groups (broad SMARTS) is 1. The number of carbonyl (C=O) groups is 2. The molecule has 0 aromatic carbocycles. The van der Waals surface area contributed by atoms with Crippen molar-refractivity contribution in [2.45, 2.75) is 68.3 Å². The van der Waals surface area contributed by atoms with Gasteiger partial charge in [0, 0.05) is 6.92 Å². The number of hydrogen-bond acceptors (Lipinski definition) is 11. The highest BCUT2D eigenvalue weighted by molar-refractivity contribution is 5.74. The molecule has 2 fully saturated rings. The SMILES string of the molecule is CC(=O)N[C@@H]1[C@H](OC[C@H]2O[C@H](O)[C@H](O)[C@@H](O)[C@@H]2O)O[C@H](C(=O)O)[C@@H](O)[C@@H]1O. The van der Waals surface area contributed by atoms with Crippen LogP contribution in [0.25, 0.3) is 0 Å². The van der Waals surface area contributed by atoms with Crippen molar-refractivity contribution in [3.05, 3.63) is 0 Å². The zero-order valence-electron chi connectivity index (χ0n) is 14.2. The van der Waals surface area contributed by atoms with Crippen LogP contribution in [0.2, 0.25) is 0 Å². The van der Waals surface area contributed by atoms with E-state index in [2.05, 4.69) is 5.32 Å². The van der Waals surface area contributed by atoms with Crippen LogP contribution < -0.4 is 5.32 Å². The molecule has 8 N–H and O–H groups in total. The molecule has 13 heteroatoms. The van der Waals surface area contributed by atoms with Gasteiger partial charge >= 0.3 is 5.97 Å². The number of nitrogens with one attached hydrogen (secondary N) is 1. The maximum Gasteiger partial charge on any atom is 0.335 e. The van der Waals surface area contributed by atoms with E-state index in [0.717, 1.165) is 6.92 Å². The topological polar surface area (TPSA) is 215 Å². The molecule has 2 saturated heterocycles. The second kappa shape index (κ2) is 8.72. The van der Waals surface area contributed by atoms with E-state index in [-0.39, 0.29) is 0 Å². The highest BCUT2D eigenvalue weighted by Gasteiger charge is 2.49. The molecule has 2 rings (SSSR count). The van der Waals surface area contributed by atoms with Crippen LogP contribution in [0.15, 0.2) is 0 Å². The van der Waals surface area contributed by atoms with Crippen molar-refractivity contribution in [3.8, 4) is 0 Å². The quantitative estimate of drug-likeness (QED) is 0.218. The van der Waals surface area contributed by atoms with Gasteiger partial charge in [0.15, 0.2) is 18.7 Å². The number of rotatable bonds is 5. The summed E-state index contributed by atoms with van der Waals surface area (Å²) in [5.74, 6) is -2.21. The second-order valence-electron chi connectivity index (χ2n) is 6.34. The van der Waals surface area contributed by atoms with Crippen LogP contribution >= 0.6 is 0 Å². The zero-order valence-corrected chi connectivity index (χ0v) is 14.2. The Bertz CT molecular complexity index is 546. The predicted molar refractivity (Wildman–Crippen MR) is 80.8 cm³/mol. The van der Waals surface area contributed by atoms with Crippen molar-refractivity contribution in [2.75, 3.05) is 6.61 Å². The van der Waals surface area contributed by atoms with Gasteiger partial charge in [-0.15, -0.1) is 0 Å². The lowest BCUT2D eigenvalue weighted by Gasteiger charge is -2.42. The van der Waals surface area contributed by atoms with Gasteiger partial charge in [0.05, 0.1) is 6.61 Å². The Hall–Kier alpha value is -1.42. The van der Waals surface area contributed by atoms with Gasteiger partial charge < -0.3 is 55.3 Å². The van der Waals surface area contributed by atoms with Crippen LogP contribution in [0.5, 0.6) is 0 Å². The fourth-order valence-corrected chi connectivity index (χ4v) is 2.86. The van der Waals surface area contributed by atoms with Gasteiger partial charge in [-0.2, -0.15) is 0 Å². The molecule has 0 spiro atoms. The zero-order chi connectivity index (χ0) is 20.5. The first kappa shape index (κ1) is 21.9. The number of hydrogen-bond donors (Lipinski definition) is 8. The summed E-state index contributed by atoms with van der Waals surface area (Å²) in [4.78, 5) is 22.5. The maximum absolute atomic E-state index is 11.3. The monoisotopic (exact) mass is 397 g/mol. The van der Waals surface area contributed by atoms with Crippen molar-refractivity contribution in [3.63, 3.8) is 0 Å². The lowest BCUT2D eigenvalue weighted by Crippen LogP contribution is -2.66. The van der Waals surface area contributed by atoms with Crippen LogP contribution in [-0.2, 0) is 23.8 Å². The summed E-state index contributed by atoms with van der Waals surface area (Å²) in [6, 6.07) is -1.35. The van der Waals surface area contributed by atoms with Gasteiger partial charge in [-0.1, -0.05) is 0 Å². The summed E-state index contributed by atoms with van der Waals surface area (Å²) in [5, 5.41) is 69.7. The normalized spacial score (nSPS) is 45.3. The summed E-state index contributed by atoms with van der Waals surface area (Å²) < 4.78 is 15.3. The van der Waals surface area contributed by atoms with Crippen LogP contribution in [0.3, 0.4) is 0 Å². The van der Waals surface area contributed by atoms with Gasteiger partial charge in [-0.3, -0.25) is 4.79 Å². The minimum absolute atomic E-state index is 0.572. The fourth-order valence-electron chi connectivity index (χ4n) is 2.86. The molecule has 0 radical (unpaired) electrons. The third-order valence-corrected chi connectivity index (χ3v) is 4.33. The number of aliphatic hydroxyl groups is 6. The smallest absolute Gasteiger partial charge is 0.335 e. The highest BCUT2D eigenvalue weighted by Crippen LogP contribution is 2.25. The molecule has 10 atom stereocenters. The molecule has 13 nitrogen and oxygen atoms in total. The summed E-state index contributed by atoms with van der Waals surface area (Å²) in [6.45, 7) is 0.541. The molecule has 156 valence electrons. The molecule has 0 saturated carbocycles. The molecule has 2 aliphatic rings. The summed E-state index contributed by atoms with van der Waals surface area (Å²) in [7, 11) is 0. The molecule has 0 aromatic heterocycles. The Labute approximate surface area is 152 Å². The van der Waals surface area contributed by atoms with Gasteiger partial charge in [-0.25, -0.2) is 4.79 Å². The van der Waals surface area contributed by atoms with Crippen LogP contribution in [0.4, 0.5) is 0 Å². The number of carbonyl (C=O) groups excluding carboxylic acids is 1. The molecule has 2 aliphatic heterocycles. The fraction of sp³-hybridized carbons (Fsp3) is 0.857. The van der Waals surface area contributed by atoms with E-state index >= 15 is 0 Å². The molecular formula is C14H23NO12. The van der Waals surface area contributed by atoms with Crippen molar-refractivity contribution in [1.82, 2.24) is 5.32 Å². The molecule has 27 heavy (non-hydrogen) atoms. The van der Waals surface area contributed by atoms with Crippen LogP contribution in [0.1, 0.15) is 6.92 Å². The molecule has 0 unspecified atom stereocenters. The molecule has 2 heterocycles. The third-order valence-electron chi connectivity index (χ3n) is 4.33. The molecule has 0 aliphatic carbocycles. The summed E-state index contributed by atoms with van der Waals surface area (Å²) in [5.41, 5.74) is 0. The lowest BCUT2D eigenvalue weighted by molar-refractivity contribution is -0.309. The van der Waals surface area contributed by atoms with Crippen molar-refractivity contribution >= 4 is 11.9 Å². The standard InChI is InChI=1S/C14H23NO12/c1-3(16)15-5-7(18)9(20)11(12(22)23)27-14(5)25-2-4-6(17)8(19)10(21)13(24)26-4/h4-11,13-14,17-21,24H,2H2,1H3,(H,15,16)(H,22,23)/t4-,5+,6-,7-,8+,9+,10-,11+,13+,14-/m1/s1. The Morgan fingerprint density at radius 2 is 1.56 bits per heavy atom. The van der Waals surface area contributed by atoms with Crippen molar-refractivity contribution in [1.29, 1.82) is 0 Å². The summed E-state index contributed by atoms with van der Waals surface area (Å²) >= 11 is 0. The minimum Gasteiger partial charge on any atom is -0.479 e. The number of aliphatic carboxylic acids is 1. The molecule has 0 bridgehead atoms. The van der Waals surface area contributed by atoms with Crippen molar-refractivity contribution in [2.24, 2.45) is 0 Å². The first-order chi connectivity index (χ1) is 12.5. The average molecular weight is 397 g/mol. The Balaban J connectivity index is 2.10. The van der Waals surface area contributed by atoms with Gasteiger partial charge in [-0.05, 0) is 0 Å². The first-order valence-electron chi connectivity index (χ1n) is 8.05. The van der Waals surface area contributed by atoms with Crippen LogP contribution in [-0.4, -0.2) is 116 Å². The lowest BCUT2D eigenvalue weighted by atomic mass is 9.96. The number of carboxylic acids is 1. The number of ether oxygens (including phenoxy) is 3. The van der Waals surface area contributed by atoms with E-state index in [1.807, 2.05) is 0 Å². The number of amides is 1. The Morgan fingerprint density at radius 3 is 2.11 bits per heavy atom. The van der Waals surface area contributed by atoms with Crippen LogP contribution in [0, 0.1) is 0 Å². The van der Waals surface area contributed by atoms with Crippen molar-refractivity contribution < 1.29 is 59.5 Å².